The zero-order chi connectivity index (χ0) is 18.5. The largest absolute Gasteiger partial charge is 0.417 e. The second kappa shape index (κ2) is 7.85. The molecule has 0 fully saturated rings. The van der Waals surface area contributed by atoms with Gasteiger partial charge in [0.1, 0.15) is 5.69 Å². The van der Waals surface area contributed by atoms with Crippen LogP contribution in [0, 0.1) is 10.1 Å². The van der Waals surface area contributed by atoms with Crippen LogP contribution in [0.15, 0.2) is 24.9 Å². The summed E-state index contributed by atoms with van der Waals surface area (Å²) in [5.74, 6) is 0. The molecule has 0 aliphatic heterocycles. The van der Waals surface area contributed by atoms with E-state index < -0.39 is 13.2 Å². The van der Waals surface area contributed by atoms with Crippen molar-refractivity contribution < 1.29 is 9.35 Å². The second-order valence-electron chi connectivity index (χ2n) is 7.47. The third-order valence-corrected chi connectivity index (χ3v) is 8.89. The molecule has 24 heavy (non-hydrogen) atoms. The number of allylic oxidation sites excluding steroid dienone is 1. The molecular weight excluding hydrogens is 320 g/mol. The number of nitrogens with zero attached hydrogens (tertiary/aromatic N) is 2. The number of hydrogen-bond acceptors (Lipinski definition) is 4. The van der Waals surface area contributed by atoms with Gasteiger partial charge in [-0.3, -0.25) is 10.1 Å². The highest BCUT2D eigenvalue weighted by Gasteiger charge is 2.36. The van der Waals surface area contributed by atoms with Gasteiger partial charge in [-0.25, -0.2) is 4.98 Å². The Hall–Kier alpha value is -1.79. The predicted molar refractivity (Wildman–Crippen MR) is 102 cm³/mol. The Bertz CT molecular complexity index is 646. The molecule has 0 spiro atoms. The zero-order valence-corrected chi connectivity index (χ0v) is 16.5. The van der Waals surface area contributed by atoms with Gasteiger partial charge in [-0.05, 0) is 42.6 Å². The lowest BCUT2D eigenvalue weighted by Crippen LogP contribution is -2.40. The maximum atomic E-state index is 11.1. The average molecular weight is 349 g/mol. The highest BCUT2D eigenvalue weighted by molar-refractivity contribution is 6.74. The molecule has 132 valence electrons. The third kappa shape index (κ3) is 5.38. The Kier molecular flexibility index (Phi) is 6.63. The molecule has 1 aromatic heterocycles. The molecule has 0 N–H and O–H groups in total. The van der Waals surface area contributed by atoms with E-state index in [1.165, 1.54) is 6.07 Å². The molecule has 0 aliphatic rings. The van der Waals surface area contributed by atoms with Gasteiger partial charge in [-0.1, -0.05) is 39.5 Å². The standard InChI is InChI=1S/C18H28N2O3Si/c1-14(2)17-16(20(21)22)12-15(13-19-17)10-8-9-11-23-24(6,7)18(3,4)5/h8,10,12-13H,1,9,11H2,2-7H3. The first-order valence-electron chi connectivity index (χ1n) is 8.06. The van der Waals surface area contributed by atoms with Gasteiger partial charge in [0.2, 0.25) is 0 Å². The fraction of sp³-hybridized carbons (Fsp3) is 0.500. The van der Waals surface area contributed by atoms with Gasteiger partial charge in [0.05, 0.1) is 4.92 Å². The van der Waals surface area contributed by atoms with Crippen LogP contribution in [-0.4, -0.2) is 24.8 Å². The molecule has 0 saturated carbocycles. The van der Waals surface area contributed by atoms with E-state index in [1.54, 1.807) is 13.1 Å². The van der Waals surface area contributed by atoms with Gasteiger partial charge in [0.25, 0.3) is 5.69 Å². The molecule has 1 heterocycles. The van der Waals surface area contributed by atoms with E-state index >= 15 is 0 Å². The molecule has 5 nitrogen and oxygen atoms in total. The predicted octanol–water partition coefficient (Wildman–Crippen LogP) is 5.45. The minimum atomic E-state index is -1.72. The van der Waals surface area contributed by atoms with Crippen molar-refractivity contribution in [1.82, 2.24) is 4.98 Å². The first-order valence-corrected chi connectivity index (χ1v) is 11.0. The van der Waals surface area contributed by atoms with Crippen LogP contribution in [0.4, 0.5) is 5.69 Å². The molecule has 0 atom stereocenters. The van der Waals surface area contributed by atoms with E-state index in [-0.39, 0.29) is 10.7 Å². The summed E-state index contributed by atoms with van der Waals surface area (Å²) in [6.07, 6.45) is 6.20. The van der Waals surface area contributed by atoms with E-state index in [4.69, 9.17) is 4.43 Å². The lowest BCUT2D eigenvalue weighted by molar-refractivity contribution is -0.385. The molecule has 1 aromatic rings. The van der Waals surface area contributed by atoms with Crippen LogP contribution in [0.25, 0.3) is 11.6 Å². The summed E-state index contributed by atoms with van der Waals surface area (Å²) in [5.41, 5.74) is 1.61. The number of aromatic nitrogens is 1. The summed E-state index contributed by atoms with van der Waals surface area (Å²) >= 11 is 0. The van der Waals surface area contributed by atoms with Gasteiger partial charge in [0, 0.05) is 18.9 Å². The minimum Gasteiger partial charge on any atom is -0.417 e. The topological polar surface area (TPSA) is 65.3 Å². The molecule has 0 radical (unpaired) electrons. The molecule has 6 heteroatoms. The van der Waals surface area contributed by atoms with Crippen LogP contribution >= 0.6 is 0 Å². The number of pyridine rings is 1. The van der Waals surface area contributed by atoms with E-state index in [2.05, 4.69) is 45.4 Å². The molecule has 0 amide bonds. The zero-order valence-electron chi connectivity index (χ0n) is 15.5. The summed E-state index contributed by atoms with van der Waals surface area (Å²) < 4.78 is 6.10. The molecule has 0 saturated heterocycles. The highest BCUT2D eigenvalue weighted by Crippen LogP contribution is 2.36. The number of nitro groups is 1. The van der Waals surface area contributed by atoms with E-state index in [0.29, 0.717) is 23.4 Å². The molecule has 0 bridgehead atoms. The lowest BCUT2D eigenvalue weighted by Gasteiger charge is -2.36. The van der Waals surface area contributed by atoms with E-state index in [1.807, 2.05) is 12.2 Å². The fourth-order valence-electron chi connectivity index (χ4n) is 1.85. The minimum absolute atomic E-state index is 0.0119. The summed E-state index contributed by atoms with van der Waals surface area (Å²) in [6.45, 7) is 17.2. The SMILES string of the molecule is C=C(C)c1ncc(C=CCCO[Si](C)(C)C(C)(C)C)cc1[N+](=O)[O-]. The quantitative estimate of drug-likeness (QED) is 0.284. The van der Waals surface area contributed by atoms with Crippen LogP contribution in [0.2, 0.25) is 18.1 Å². The molecule has 0 unspecified atom stereocenters. The Labute approximate surface area is 145 Å². The van der Waals surface area contributed by atoms with Crippen molar-refractivity contribution in [3.8, 4) is 0 Å². The van der Waals surface area contributed by atoms with Crippen molar-refractivity contribution in [3.05, 3.63) is 46.3 Å². The van der Waals surface area contributed by atoms with Crippen molar-refractivity contribution in [2.45, 2.75) is 52.2 Å². The molecule has 0 aromatic carbocycles. The maximum absolute atomic E-state index is 11.1. The first kappa shape index (κ1) is 20.3. The van der Waals surface area contributed by atoms with Gasteiger partial charge >= 0.3 is 0 Å². The first-order chi connectivity index (χ1) is 11.0. The summed E-state index contributed by atoms with van der Waals surface area (Å²) in [5, 5.41) is 11.3. The Morgan fingerprint density at radius 3 is 2.58 bits per heavy atom. The van der Waals surface area contributed by atoms with Crippen molar-refractivity contribution in [2.75, 3.05) is 6.61 Å². The normalized spacial score (nSPS) is 12.6. The Balaban J connectivity index is 2.71. The molecule has 0 aliphatic carbocycles. The third-order valence-electron chi connectivity index (χ3n) is 4.35. The average Bonchev–Trinajstić information content (AvgIpc) is 2.45. The second-order valence-corrected chi connectivity index (χ2v) is 12.3. The summed E-state index contributed by atoms with van der Waals surface area (Å²) in [4.78, 5) is 14.9. The monoisotopic (exact) mass is 348 g/mol. The van der Waals surface area contributed by atoms with Crippen molar-refractivity contribution in [3.63, 3.8) is 0 Å². The molecular formula is C18H28N2O3Si. The Morgan fingerprint density at radius 1 is 1.46 bits per heavy atom. The summed E-state index contributed by atoms with van der Waals surface area (Å²) in [7, 11) is -1.72. The van der Waals surface area contributed by atoms with Gasteiger partial charge in [0.15, 0.2) is 8.32 Å². The van der Waals surface area contributed by atoms with E-state index in [9.17, 15) is 10.1 Å². The lowest BCUT2D eigenvalue weighted by atomic mass is 10.1. The van der Waals surface area contributed by atoms with Crippen molar-refractivity contribution >= 4 is 25.7 Å². The number of hydrogen-bond donors (Lipinski definition) is 0. The van der Waals surface area contributed by atoms with Gasteiger partial charge < -0.3 is 4.43 Å². The maximum Gasteiger partial charge on any atom is 0.295 e. The Morgan fingerprint density at radius 2 is 2.08 bits per heavy atom. The number of rotatable bonds is 7. The van der Waals surface area contributed by atoms with Crippen LogP contribution < -0.4 is 0 Å². The van der Waals surface area contributed by atoms with E-state index in [0.717, 1.165) is 6.42 Å². The smallest absolute Gasteiger partial charge is 0.295 e. The van der Waals surface area contributed by atoms with Crippen LogP contribution in [0.3, 0.4) is 0 Å². The summed E-state index contributed by atoms with van der Waals surface area (Å²) in [6, 6.07) is 1.53. The van der Waals surface area contributed by atoms with Crippen LogP contribution in [0.1, 0.15) is 45.4 Å². The fourth-order valence-corrected chi connectivity index (χ4v) is 2.91. The van der Waals surface area contributed by atoms with Gasteiger partial charge in [-0.2, -0.15) is 0 Å². The van der Waals surface area contributed by atoms with Crippen LogP contribution in [0.5, 0.6) is 0 Å². The highest BCUT2D eigenvalue weighted by atomic mass is 28.4. The van der Waals surface area contributed by atoms with Gasteiger partial charge in [-0.15, -0.1) is 0 Å². The van der Waals surface area contributed by atoms with Crippen molar-refractivity contribution in [2.24, 2.45) is 0 Å². The molecule has 1 rings (SSSR count). The van der Waals surface area contributed by atoms with Crippen molar-refractivity contribution in [1.29, 1.82) is 0 Å². The van der Waals surface area contributed by atoms with Crippen LogP contribution in [-0.2, 0) is 4.43 Å².